The van der Waals surface area contributed by atoms with E-state index in [1.165, 1.54) is 48.5 Å². The lowest BCUT2D eigenvalue weighted by Gasteiger charge is -2.35. The van der Waals surface area contributed by atoms with E-state index in [9.17, 15) is 30.6 Å². The first-order valence-electron chi connectivity index (χ1n) is 11.0. The maximum Gasteiger partial charge on any atom is 0.165 e. The lowest BCUT2D eigenvalue weighted by atomic mass is 9.95. The van der Waals surface area contributed by atoms with Gasteiger partial charge in [0.15, 0.2) is 35.2 Å². The summed E-state index contributed by atoms with van der Waals surface area (Å²) >= 11 is 0. The zero-order valence-corrected chi connectivity index (χ0v) is 18.7. The zero-order chi connectivity index (χ0) is 25.4. The molecule has 0 amide bonds. The summed E-state index contributed by atoms with van der Waals surface area (Å²) in [5, 5.41) is 59.2. The molecular weight excluding hydrogens is 464 g/mol. The summed E-state index contributed by atoms with van der Waals surface area (Å²) in [7, 11) is 0. The van der Waals surface area contributed by atoms with Crippen molar-refractivity contribution in [1.82, 2.24) is 0 Å². The molecule has 0 aromatic heterocycles. The Morgan fingerprint density at radius 3 is 1.72 bits per heavy atom. The van der Waals surface area contributed by atoms with Crippen molar-refractivity contribution < 1.29 is 40.1 Å². The molecule has 0 aliphatic carbocycles. The van der Waals surface area contributed by atoms with Gasteiger partial charge in [-0.05, 0) is 59.7 Å². The smallest absolute Gasteiger partial charge is 0.165 e. The summed E-state index contributed by atoms with van der Waals surface area (Å²) in [6, 6.07) is 17.9. The van der Waals surface area contributed by atoms with E-state index in [2.05, 4.69) is 0 Å². The van der Waals surface area contributed by atoms with Crippen molar-refractivity contribution in [2.75, 3.05) is 0 Å². The molecule has 4 aromatic rings. The standard InChI is InChI=1S/C28H22O8/c29-19-7-16(8-20(30)13-19)2-1-15-3-6-25-26(9-15)36-27(17-4-5-23(33)24(34)12-17)28(35-25)18-10-21(31)14-22(32)11-18/h1-14,27-34H/t27-,28-/m1/s1. The Morgan fingerprint density at radius 2 is 1.06 bits per heavy atom. The topological polar surface area (TPSA) is 140 Å². The Hall–Kier alpha value is -4.98. The first-order chi connectivity index (χ1) is 17.2. The summed E-state index contributed by atoms with van der Waals surface area (Å²) in [5.41, 5.74) is 2.30. The fraction of sp³-hybridized carbons (Fsp3) is 0.0714. The summed E-state index contributed by atoms with van der Waals surface area (Å²) in [5.74, 6) is -0.182. The SMILES string of the molecule is Oc1cc(O)cc(C=Cc2ccc3c(c2)O[C@H](c2ccc(O)c(O)c2)[C@@H](c2cc(O)cc(O)c2)O3)c1. The summed E-state index contributed by atoms with van der Waals surface area (Å²) in [6.45, 7) is 0. The molecule has 1 aliphatic rings. The van der Waals surface area contributed by atoms with Crippen LogP contribution in [-0.2, 0) is 0 Å². The fourth-order valence-corrected chi connectivity index (χ4v) is 4.11. The molecule has 2 atom stereocenters. The highest BCUT2D eigenvalue weighted by atomic mass is 16.6. The number of phenolic OH excluding ortho intramolecular Hbond substituents is 6. The monoisotopic (exact) mass is 486 g/mol. The van der Waals surface area contributed by atoms with Crippen LogP contribution in [0, 0.1) is 0 Å². The van der Waals surface area contributed by atoms with Crippen LogP contribution in [0.3, 0.4) is 0 Å². The van der Waals surface area contributed by atoms with Crippen LogP contribution in [-0.4, -0.2) is 30.6 Å². The van der Waals surface area contributed by atoms with Crippen LogP contribution in [0.15, 0.2) is 72.8 Å². The van der Waals surface area contributed by atoms with Crippen molar-refractivity contribution in [3.05, 3.63) is 95.1 Å². The Kier molecular flexibility index (Phi) is 5.69. The maximum absolute atomic E-state index is 10.1. The number of benzene rings is 4. The average Bonchev–Trinajstić information content (AvgIpc) is 2.82. The van der Waals surface area contributed by atoms with Crippen LogP contribution in [0.1, 0.15) is 34.5 Å². The highest BCUT2D eigenvalue weighted by Gasteiger charge is 2.35. The van der Waals surface area contributed by atoms with Gasteiger partial charge in [-0.3, -0.25) is 0 Å². The molecule has 182 valence electrons. The molecule has 1 heterocycles. The van der Waals surface area contributed by atoms with E-state index in [1.807, 2.05) is 0 Å². The van der Waals surface area contributed by atoms with Gasteiger partial charge in [0.2, 0.25) is 0 Å². The molecule has 5 rings (SSSR count). The van der Waals surface area contributed by atoms with Gasteiger partial charge in [-0.25, -0.2) is 0 Å². The van der Waals surface area contributed by atoms with Gasteiger partial charge in [-0.1, -0.05) is 24.3 Å². The fourth-order valence-electron chi connectivity index (χ4n) is 4.11. The highest BCUT2D eigenvalue weighted by molar-refractivity contribution is 5.72. The first kappa shape index (κ1) is 22.8. The molecule has 0 spiro atoms. The van der Waals surface area contributed by atoms with Crippen LogP contribution in [0.5, 0.6) is 46.0 Å². The molecule has 36 heavy (non-hydrogen) atoms. The van der Waals surface area contributed by atoms with Crippen molar-refractivity contribution in [2.45, 2.75) is 12.2 Å². The molecule has 0 saturated heterocycles. The van der Waals surface area contributed by atoms with Crippen LogP contribution >= 0.6 is 0 Å². The lowest BCUT2D eigenvalue weighted by Crippen LogP contribution is -2.26. The molecule has 6 N–H and O–H groups in total. The van der Waals surface area contributed by atoms with E-state index >= 15 is 0 Å². The molecular formula is C28H22O8. The highest BCUT2D eigenvalue weighted by Crippen LogP contribution is 2.48. The van der Waals surface area contributed by atoms with Crippen molar-refractivity contribution in [1.29, 1.82) is 0 Å². The minimum atomic E-state index is -0.799. The normalized spacial score (nSPS) is 16.8. The van der Waals surface area contributed by atoms with Gasteiger partial charge >= 0.3 is 0 Å². The third-order valence-electron chi connectivity index (χ3n) is 5.73. The van der Waals surface area contributed by atoms with Crippen LogP contribution in [0.2, 0.25) is 0 Å². The van der Waals surface area contributed by atoms with E-state index in [0.29, 0.717) is 28.2 Å². The molecule has 0 fully saturated rings. The summed E-state index contributed by atoms with van der Waals surface area (Å²) in [4.78, 5) is 0. The number of hydrogen-bond donors (Lipinski definition) is 6. The van der Waals surface area contributed by atoms with Crippen molar-refractivity contribution in [3.8, 4) is 46.0 Å². The first-order valence-corrected chi connectivity index (χ1v) is 11.0. The minimum Gasteiger partial charge on any atom is -0.508 e. The van der Waals surface area contributed by atoms with Gasteiger partial charge in [-0.2, -0.15) is 0 Å². The number of aromatic hydroxyl groups is 6. The summed E-state index contributed by atoms with van der Waals surface area (Å²) in [6.07, 6.45) is 1.90. The molecule has 0 saturated carbocycles. The zero-order valence-electron chi connectivity index (χ0n) is 18.7. The van der Waals surface area contributed by atoms with E-state index in [4.69, 9.17) is 9.47 Å². The van der Waals surface area contributed by atoms with Crippen LogP contribution in [0.4, 0.5) is 0 Å². The number of hydrogen-bond acceptors (Lipinski definition) is 8. The summed E-state index contributed by atoms with van der Waals surface area (Å²) < 4.78 is 12.5. The Labute approximate surface area is 205 Å². The second kappa shape index (κ2) is 8.99. The predicted octanol–water partition coefficient (Wildman–Crippen LogP) is 5.34. The van der Waals surface area contributed by atoms with Gasteiger partial charge in [0, 0.05) is 23.3 Å². The minimum absolute atomic E-state index is 0.0548. The third kappa shape index (κ3) is 4.65. The number of ether oxygens (including phenoxy) is 2. The molecule has 1 aliphatic heterocycles. The Bertz CT molecular complexity index is 1440. The lowest BCUT2D eigenvalue weighted by molar-refractivity contribution is 0.0180. The van der Waals surface area contributed by atoms with Gasteiger partial charge in [-0.15, -0.1) is 0 Å². The van der Waals surface area contributed by atoms with Gasteiger partial charge in [0.25, 0.3) is 0 Å². The Balaban J connectivity index is 1.52. The second-order valence-electron chi connectivity index (χ2n) is 8.43. The molecule has 0 radical (unpaired) electrons. The molecule has 4 aromatic carbocycles. The maximum atomic E-state index is 10.1. The van der Waals surface area contributed by atoms with E-state index < -0.39 is 12.2 Å². The largest absolute Gasteiger partial charge is 0.508 e. The van der Waals surface area contributed by atoms with E-state index in [1.54, 1.807) is 36.4 Å². The van der Waals surface area contributed by atoms with Gasteiger partial charge in [0.1, 0.15) is 23.0 Å². The number of rotatable bonds is 4. The van der Waals surface area contributed by atoms with Crippen LogP contribution < -0.4 is 9.47 Å². The van der Waals surface area contributed by atoms with E-state index in [0.717, 1.165) is 5.56 Å². The van der Waals surface area contributed by atoms with Crippen LogP contribution in [0.25, 0.3) is 12.2 Å². The molecule has 8 nitrogen and oxygen atoms in total. The van der Waals surface area contributed by atoms with Crippen molar-refractivity contribution in [3.63, 3.8) is 0 Å². The Morgan fingerprint density at radius 1 is 0.472 bits per heavy atom. The third-order valence-corrected chi connectivity index (χ3v) is 5.73. The quantitative estimate of drug-likeness (QED) is 0.168. The second-order valence-corrected chi connectivity index (χ2v) is 8.43. The van der Waals surface area contributed by atoms with Gasteiger partial charge < -0.3 is 40.1 Å². The number of phenols is 6. The molecule has 8 heteroatoms. The number of fused-ring (bicyclic) bond motifs is 1. The van der Waals surface area contributed by atoms with E-state index in [-0.39, 0.29) is 34.5 Å². The van der Waals surface area contributed by atoms with Crippen molar-refractivity contribution in [2.24, 2.45) is 0 Å². The average molecular weight is 486 g/mol. The molecule has 0 bridgehead atoms. The predicted molar refractivity (Wildman–Crippen MR) is 131 cm³/mol. The van der Waals surface area contributed by atoms with Gasteiger partial charge in [0.05, 0.1) is 0 Å². The van der Waals surface area contributed by atoms with Crippen molar-refractivity contribution >= 4 is 12.2 Å². The molecule has 0 unspecified atom stereocenters.